The van der Waals surface area contributed by atoms with E-state index in [2.05, 4.69) is 70.3 Å². The molecule has 0 aromatic carbocycles. The van der Waals surface area contributed by atoms with Crippen LogP contribution >= 0.6 is 0 Å². The van der Waals surface area contributed by atoms with E-state index in [0.29, 0.717) is 5.41 Å². The van der Waals surface area contributed by atoms with Crippen LogP contribution < -0.4 is 4.65 Å². The van der Waals surface area contributed by atoms with E-state index in [1.807, 2.05) is 0 Å². The van der Waals surface area contributed by atoms with Crippen molar-refractivity contribution in [1.82, 2.24) is 4.65 Å². The van der Waals surface area contributed by atoms with Gasteiger partial charge in [-0.15, -0.1) is 0 Å². The first-order valence-electron chi connectivity index (χ1n) is 6.63. The van der Waals surface area contributed by atoms with Crippen LogP contribution in [0.2, 0.25) is 32.7 Å². The highest BCUT2D eigenvalue weighted by atomic mass is 28.4. The third-order valence-electron chi connectivity index (χ3n) is 3.20. The van der Waals surface area contributed by atoms with E-state index in [1.165, 1.54) is 0 Å². The summed E-state index contributed by atoms with van der Waals surface area (Å²) < 4.78 is 4.01. The fourth-order valence-corrected chi connectivity index (χ4v) is 12.6. The van der Waals surface area contributed by atoms with E-state index in [4.69, 9.17) is 0 Å². The lowest BCUT2D eigenvalue weighted by Gasteiger charge is -2.36. The molecule has 98 valence electrons. The Hall–Kier alpha value is -0.126. The van der Waals surface area contributed by atoms with Crippen molar-refractivity contribution in [3.05, 3.63) is 22.9 Å². The van der Waals surface area contributed by atoms with Crippen molar-refractivity contribution in [3.63, 3.8) is 0 Å². The first-order valence-corrected chi connectivity index (χ1v) is 13.1. The molecular weight excluding hydrogens is 238 g/mol. The molecule has 0 aliphatic heterocycles. The van der Waals surface area contributed by atoms with Gasteiger partial charge in [0.15, 0.2) is 0 Å². The predicted molar refractivity (Wildman–Crippen MR) is 84.2 cm³/mol. The third kappa shape index (κ3) is 3.93. The van der Waals surface area contributed by atoms with Crippen LogP contribution in [0, 0.1) is 5.41 Å². The summed E-state index contributed by atoms with van der Waals surface area (Å²) in [5.74, 6) is 0. The van der Waals surface area contributed by atoms with Gasteiger partial charge in [0.2, 0.25) is 0 Å². The van der Waals surface area contributed by atoms with Crippen molar-refractivity contribution < 1.29 is 0 Å². The Morgan fingerprint density at radius 1 is 1.06 bits per heavy atom. The van der Waals surface area contributed by atoms with Gasteiger partial charge in [0.25, 0.3) is 0 Å². The Morgan fingerprint density at radius 2 is 1.59 bits per heavy atom. The van der Waals surface area contributed by atoms with Gasteiger partial charge < -0.3 is 4.65 Å². The molecule has 1 N–H and O–H groups in total. The van der Waals surface area contributed by atoms with Crippen molar-refractivity contribution in [2.45, 2.75) is 59.9 Å². The maximum Gasteiger partial charge on any atom is 0.145 e. The summed E-state index contributed by atoms with van der Waals surface area (Å²) in [6, 6.07) is 0. The molecule has 0 radical (unpaired) electrons. The molecule has 0 unspecified atom stereocenters. The van der Waals surface area contributed by atoms with E-state index in [-0.39, 0.29) is 0 Å². The lowest BCUT2D eigenvalue weighted by atomic mass is 9.86. The second kappa shape index (κ2) is 4.52. The molecule has 1 aliphatic carbocycles. The van der Waals surface area contributed by atoms with Gasteiger partial charge in [0, 0.05) is 0 Å². The van der Waals surface area contributed by atoms with Crippen LogP contribution in [0.1, 0.15) is 27.2 Å². The maximum absolute atomic E-state index is 4.01. The molecule has 0 fully saturated rings. The molecule has 0 aromatic heterocycles. The van der Waals surface area contributed by atoms with Crippen LogP contribution in [0.5, 0.6) is 0 Å². The minimum absolute atomic E-state index is 0.310. The van der Waals surface area contributed by atoms with Crippen LogP contribution in [0.25, 0.3) is 0 Å². The lowest BCUT2D eigenvalue weighted by Crippen LogP contribution is -2.58. The first kappa shape index (κ1) is 14.9. The Bertz CT molecular complexity index is 351. The number of nitrogens with one attached hydrogen (secondary N) is 1. The molecule has 1 aliphatic rings. The zero-order chi connectivity index (χ0) is 13.5. The van der Waals surface area contributed by atoms with Gasteiger partial charge in [-0.25, -0.2) is 0 Å². The monoisotopic (exact) mass is 267 g/mol. The number of allylic oxidation sites excluding steroid dienone is 4. The summed E-state index contributed by atoms with van der Waals surface area (Å²) in [6.07, 6.45) is 5.89. The molecular formula is C14H29NSi2. The van der Waals surface area contributed by atoms with E-state index < -0.39 is 16.5 Å². The van der Waals surface area contributed by atoms with Gasteiger partial charge in [0.05, 0.1) is 0 Å². The second-order valence-corrected chi connectivity index (χ2v) is 17.0. The van der Waals surface area contributed by atoms with E-state index in [0.717, 1.165) is 6.42 Å². The van der Waals surface area contributed by atoms with Gasteiger partial charge in [0.1, 0.15) is 16.5 Å². The quantitative estimate of drug-likeness (QED) is 0.745. The lowest BCUT2D eigenvalue weighted by molar-refractivity contribution is 0.494. The summed E-state index contributed by atoms with van der Waals surface area (Å²) in [5.41, 5.74) is 1.96. The Balaban J connectivity index is 3.09. The number of rotatable bonds is 3. The number of hydrogen-bond acceptors (Lipinski definition) is 1. The largest absolute Gasteiger partial charge is 0.356 e. The zero-order valence-electron chi connectivity index (χ0n) is 12.9. The fraction of sp³-hybridized carbons (Fsp3) is 0.714. The molecule has 0 spiro atoms. The van der Waals surface area contributed by atoms with Gasteiger partial charge >= 0.3 is 0 Å². The smallest absolute Gasteiger partial charge is 0.145 e. The summed E-state index contributed by atoms with van der Waals surface area (Å²) in [6.45, 7) is 19.1. The van der Waals surface area contributed by atoms with Crippen LogP contribution in [0.4, 0.5) is 0 Å². The number of hydrogen-bond donors (Lipinski definition) is 1. The Labute approximate surface area is 110 Å². The van der Waals surface area contributed by atoms with Gasteiger partial charge in [-0.2, -0.15) is 0 Å². The SMILES string of the molecule is CC(C)(C)C1=C([Si](C)(C)N[Si](C)(C)C)C=CC1. The molecule has 0 aromatic rings. The standard InChI is InChI=1S/C14H29NSi2/c1-14(2,3)12-10-9-11-13(12)17(7,8)15-16(4,5)6/h9,11,15H,10H2,1-8H3. The van der Waals surface area contributed by atoms with Crippen molar-refractivity contribution >= 4 is 16.5 Å². The zero-order valence-corrected chi connectivity index (χ0v) is 14.9. The minimum Gasteiger partial charge on any atom is -0.356 e. The van der Waals surface area contributed by atoms with Crippen molar-refractivity contribution in [2.75, 3.05) is 0 Å². The van der Waals surface area contributed by atoms with Gasteiger partial charge in [-0.05, 0) is 17.0 Å². The highest BCUT2D eigenvalue weighted by Gasteiger charge is 2.35. The Kier molecular flexibility index (Phi) is 3.97. The maximum atomic E-state index is 4.01. The molecule has 1 rings (SSSR count). The molecule has 0 atom stereocenters. The molecule has 0 bridgehead atoms. The topological polar surface area (TPSA) is 12.0 Å². The summed E-state index contributed by atoms with van der Waals surface area (Å²) >= 11 is 0. The van der Waals surface area contributed by atoms with Crippen LogP contribution in [0.3, 0.4) is 0 Å². The van der Waals surface area contributed by atoms with E-state index in [1.54, 1.807) is 10.8 Å². The molecule has 17 heavy (non-hydrogen) atoms. The van der Waals surface area contributed by atoms with Gasteiger partial charge in [-0.1, -0.05) is 71.2 Å². The predicted octanol–water partition coefficient (Wildman–Crippen LogP) is 4.46. The normalized spacial score (nSPS) is 18.1. The van der Waals surface area contributed by atoms with Crippen LogP contribution in [-0.2, 0) is 0 Å². The second-order valence-electron chi connectivity index (χ2n) is 7.75. The summed E-state index contributed by atoms with van der Waals surface area (Å²) in [5, 5.41) is 1.65. The van der Waals surface area contributed by atoms with Crippen LogP contribution in [-0.4, -0.2) is 16.5 Å². The molecule has 0 amide bonds. The average Bonchev–Trinajstić information content (AvgIpc) is 2.44. The summed E-state index contributed by atoms with van der Waals surface area (Å²) in [7, 11) is -2.68. The van der Waals surface area contributed by atoms with Crippen molar-refractivity contribution in [3.8, 4) is 0 Å². The fourth-order valence-electron chi connectivity index (χ4n) is 2.81. The van der Waals surface area contributed by atoms with E-state index >= 15 is 0 Å². The van der Waals surface area contributed by atoms with Crippen molar-refractivity contribution in [1.29, 1.82) is 0 Å². The summed E-state index contributed by atoms with van der Waals surface area (Å²) in [4.78, 5) is 0. The third-order valence-corrected chi connectivity index (χ3v) is 10.5. The molecule has 0 heterocycles. The Morgan fingerprint density at radius 3 is 2.00 bits per heavy atom. The van der Waals surface area contributed by atoms with Crippen LogP contribution in [0.15, 0.2) is 22.9 Å². The van der Waals surface area contributed by atoms with E-state index in [9.17, 15) is 0 Å². The average molecular weight is 268 g/mol. The first-order chi connectivity index (χ1) is 7.43. The van der Waals surface area contributed by atoms with Crippen molar-refractivity contribution in [2.24, 2.45) is 5.41 Å². The molecule has 0 saturated carbocycles. The highest BCUT2D eigenvalue weighted by Crippen LogP contribution is 2.38. The molecule has 1 nitrogen and oxygen atoms in total. The molecule has 3 heteroatoms. The molecule has 0 saturated heterocycles. The van der Waals surface area contributed by atoms with Gasteiger partial charge in [-0.3, -0.25) is 0 Å². The minimum atomic E-state index is -1.47. The highest BCUT2D eigenvalue weighted by molar-refractivity contribution is 6.94.